The maximum atomic E-state index is 12.1. The Balaban J connectivity index is 2.87. The SMILES string of the molecule is CCCN(CC(=O)O)C(=O)Cn1c(C)c(C)sc1=O. The number of amides is 1. The summed E-state index contributed by atoms with van der Waals surface area (Å²) in [5, 5.41) is 8.78. The quantitative estimate of drug-likeness (QED) is 0.840. The molecule has 0 fully saturated rings. The number of hydrogen-bond acceptors (Lipinski definition) is 4. The summed E-state index contributed by atoms with van der Waals surface area (Å²) >= 11 is 1.10. The van der Waals surface area contributed by atoms with Crippen LogP contribution >= 0.6 is 11.3 Å². The minimum absolute atomic E-state index is 0.0950. The van der Waals surface area contributed by atoms with Gasteiger partial charge in [0, 0.05) is 17.1 Å². The van der Waals surface area contributed by atoms with E-state index in [-0.39, 0.29) is 23.9 Å². The molecule has 1 rings (SSSR count). The number of aryl methyl sites for hydroxylation is 1. The van der Waals surface area contributed by atoms with Gasteiger partial charge in [-0.15, -0.1) is 0 Å². The van der Waals surface area contributed by atoms with Gasteiger partial charge in [-0.2, -0.15) is 0 Å². The average molecular weight is 286 g/mol. The Bertz CT molecular complexity index is 532. The largest absolute Gasteiger partial charge is 0.480 e. The van der Waals surface area contributed by atoms with Crippen molar-refractivity contribution in [2.75, 3.05) is 13.1 Å². The van der Waals surface area contributed by atoms with Gasteiger partial charge in [0.1, 0.15) is 13.1 Å². The molecule has 0 unspecified atom stereocenters. The molecule has 0 aliphatic carbocycles. The van der Waals surface area contributed by atoms with Crippen LogP contribution in [0, 0.1) is 13.8 Å². The lowest BCUT2D eigenvalue weighted by atomic mass is 10.3. The topological polar surface area (TPSA) is 79.6 Å². The van der Waals surface area contributed by atoms with Crippen molar-refractivity contribution in [3.63, 3.8) is 0 Å². The zero-order valence-corrected chi connectivity index (χ0v) is 12.1. The Labute approximate surface area is 115 Å². The van der Waals surface area contributed by atoms with E-state index in [1.165, 1.54) is 9.47 Å². The second-order valence-corrected chi connectivity index (χ2v) is 5.47. The molecule has 0 aliphatic rings. The first-order valence-corrected chi connectivity index (χ1v) is 6.84. The summed E-state index contributed by atoms with van der Waals surface area (Å²) in [5.74, 6) is -1.39. The fourth-order valence-corrected chi connectivity index (χ4v) is 2.56. The van der Waals surface area contributed by atoms with Gasteiger partial charge in [-0.05, 0) is 20.3 Å². The lowest BCUT2D eigenvalue weighted by molar-refractivity contribution is -0.144. The van der Waals surface area contributed by atoms with Crippen molar-refractivity contribution in [1.29, 1.82) is 0 Å². The Morgan fingerprint density at radius 3 is 2.42 bits per heavy atom. The third kappa shape index (κ3) is 3.92. The zero-order chi connectivity index (χ0) is 14.6. The second kappa shape index (κ2) is 6.51. The number of carbonyl (C=O) groups excluding carboxylic acids is 1. The highest BCUT2D eigenvalue weighted by atomic mass is 32.1. The first-order chi connectivity index (χ1) is 8.86. The predicted octanol–water partition coefficient (Wildman–Crippen LogP) is 0.850. The molecule has 0 aromatic carbocycles. The van der Waals surface area contributed by atoms with Gasteiger partial charge >= 0.3 is 10.8 Å². The summed E-state index contributed by atoms with van der Waals surface area (Å²) in [6.45, 7) is 5.42. The van der Waals surface area contributed by atoms with Gasteiger partial charge in [0.05, 0.1) is 0 Å². The summed E-state index contributed by atoms with van der Waals surface area (Å²) in [6.07, 6.45) is 0.676. The van der Waals surface area contributed by atoms with Crippen LogP contribution < -0.4 is 4.87 Å². The highest BCUT2D eigenvalue weighted by Gasteiger charge is 2.18. The van der Waals surface area contributed by atoms with E-state index in [0.29, 0.717) is 13.0 Å². The maximum absolute atomic E-state index is 12.1. The van der Waals surface area contributed by atoms with Crippen molar-refractivity contribution in [3.8, 4) is 0 Å². The fraction of sp³-hybridized carbons (Fsp3) is 0.583. The molecule has 0 saturated carbocycles. The van der Waals surface area contributed by atoms with Crippen molar-refractivity contribution in [2.45, 2.75) is 33.7 Å². The molecule has 106 valence electrons. The number of rotatable bonds is 6. The van der Waals surface area contributed by atoms with Crippen molar-refractivity contribution >= 4 is 23.2 Å². The highest BCUT2D eigenvalue weighted by molar-refractivity contribution is 7.09. The summed E-state index contributed by atoms with van der Waals surface area (Å²) in [6, 6.07) is 0. The van der Waals surface area contributed by atoms with Crippen molar-refractivity contribution in [3.05, 3.63) is 20.2 Å². The van der Waals surface area contributed by atoms with Gasteiger partial charge in [0.25, 0.3) is 0 Å². The molecule has 19 heavy (non-hydrogen) atoms. The number of aromatic nitrogens is 1. The Kier molecular flexibility index (Phi) is 5.29. The number of nitrogens with zero attached hydrogens (tertiary/aromatic N) is 2. The van der Waals surface area contributed by atoms with Gasteiger partial charge < -0.3 is 10.0 Å². The zero-order valence-electron chi connectivity index (χ0n) is 11.3. The van der Waals surface area contributed by atoms with Crippen molar-refractivity contribution in [1.82, 2.24) is 9.47 Å². The minimum Gasteiger partial charge on any atom is -0.480 e. The van der Waals surface area contributed by atoms with E-state index in [2.05, 4.69) is 0 Å². The summed E-state index contributed by atoms with van der Waals surface area (Å²) in [7, 11) is 0. The third-order valence-electron chi connectivity index (χ3n) is 2.84. The van der Waals surface area contributed by atoms with Crippen molar-refractivity contribution in [2.24, 2.45) is 0 Å². The lowest BCUT2D eigenvalue weighted by Gasteiger charge is -2.20. The van der Waals surface area contributed by atoms with Gasteiger partial charge in [-0.25, -0.2) is 0 Å². The van der Waals surface area contributed by atoms with Crippen LogP contribution in [0.2, 0.25) is 0 Å². The minimum atomic E-state index is -1.05. The molecule has 0 atom stereocenters. The standard InChI is InChI=1S/C12H18N2O4S/c1-4-5-13(7-11(16)17)10(15)6-14-8(2)9(3)19-12(14)18/h4-7H2,1-3H3,(H,16,17). The van der Waals surface area contributed by atoms with Crippen LogP contribution in [0.3, 0.4) is 0 Å². The molecule has 1 N–H and O–H groups in total. The van der Waals surface area contributed by atoms with E-state index in [0.717, 1.165) is 21.9 Å². The molecule has 0 saturated heterocycles. The molecule has 1 heterocycles. The number of thiazole rings is 1. The normalized spacial score (nSPS) is 10.5. The molecular formula is C12H18N2O4S. The first kappa shape index (κ1) is 15.4. The van der Waals surface area contributed by atoms with Crippen molar-refractivity contribution < 1.29 is 14.7 Å². The number of carboxylic acids is 1. The molecule has 7 heteroatoms. The van der Waals surface area contributed by atoms with Crippen LogP contribution in [-0.4, -0.2) is 39.5 Å². The molecule has 0 bridgehead atoms. The van der Waals surface area contributed by atoms with Crippen LogP contribution in [0.1, 0.15) is 23.9 Å². The van der Waals surface area contributed by atoms with Gasteiger partial charge in [0.2, 0.25) is 5.91 Å². The molecule has 1 aromatic rings. The molecule has 0 radical (unpaired) electrons. The molecule has 0 aliphatic heterocycles. The number of hydrogen-bond donors (Lipinski definition) is 1. The average Bonchev–Trinajstić information content (AvgIpc) is 2.55. The molecule has 0 spiro atoms. The first-order valence-electron chi connectivity index (χ1n) is 6.03. The van der Waals surface area contributed by atoms with E-state index >= 15 is 0 Å². The van der Waals surface area contributed by atoms with E-state index in [4.69, 9.17) is 5.11 Å². The summed E-state index contributed by atoms with van der Waals surface area (Å²) in [5.41, 5.74) is 0.759. The van der Waals surface area contributed by atoms with E-state index in [1.54, 1.807) is 6.92 Å². The Hall–Kier alpha value is -1.63. The molecule has 1 aromatic heterocycles. The van der Waals surface area contributed by atoms with Gasteiger partial charge in [-0.3, -0.25) is 19.0 Å². The number of carbonyl (C=O) groups is 2. The van der Waals surface area contributed by atoms with E-state index in [9.17, 15) is 14.4 Å². The second-order valence-electron chi connectivity index (χ2n) is 4.30. The number of aliphatic carboxylic acids is 1. The third-order valence-corrected chi connectivity index (χ3v) is 3.84. The predicted molar refractivity (Wildman–Crippen MR) is 72.6 cm³/mol. The molecule has 6 nitrogen and oxygen atoms in total. The lowest BCUT2D eigenvalue weighted by Crippen LogP contribution is -2.39. The summed E-state index contributed by atoms with van der Waals surface area (Å²) < 4.78 is 1.40. The molecule has 1 amide bonds. The maximum Gasteiger partial charge on any atom is 0.323 e. The van der Waals surface area contributed by atoms with E-state index < -0.39 is 5.97 Å². The van der Waals surface area contributed by atoms with Crippen LogP contribution in [-0.2, 0) is 16.1 Å². The smallest absolute Gasteiger partial charge is 0.323 e. The van der Waals surface area contributed by atoms with Crippen LogP contribution in [0.25, 0.3) is 0 Å². The Morgan fingerprint density at radius 1 is 1.37 bits per heavy atom. The fourth-order valence-electron chi connectivity index (χ4n) is 1.73. The van der Waals surface area contributed by atoms with Crippen LogP contribution in [0.4, 0.5) is 0 Å². The van der Waals surface area contributed by atoms with Crippen LogP contribution in [0.5, 0.6) is 0 Å². The molecular weight excluding hydrogens is 268 g/mol. The summed E-state index contributed by atoms with van der Waals surface area (Å²) in [4.78, 5) is 36.4. The monoisotopic (exact) mass is 286 g/mol. The van der Waals surface area contributed by atoms with Gasteiger partial charge in [-0.1, -0.05) is 18.3 Å². The number of carboxylic acid groups (broad SMARTS) is 1. The van der Waals surface area contributed by atoms with Gasteiger partial charge in [0.15, 0.2) is 0 Å². The van der Waals surface area contributed by atoms with E-state index in [1.807, 2.05) is 13.8 Å². The Morgan fingerprint density at radius 2 is 2.00 bits per heavy atom. The van der Waals surface area contributed by atoms with Crippen LogP contribution in [0.15, 0.2) is 4.79 Å². The highest BCUT2D eigenvalue weighted by Crippen LogP contribution is 2.09.